The van der Waals surface area contributed by atoms with Crippen molar-refractivity contribution in [3.8, 4) is 0 Å². The van der Waals surface area contributed by atoms with E-state index >= 15 is 0 Å². The van der Waals surface area contributed by atoms with Crippen molar-refractivity contribution in [3.63, 3.8) is 0 Å². The molecule has 0 unspecified atom stereocenters. The largest absolute Gasteiger partial charge is 0.280 e. The molecular weight excluding hydrogens is 366 g/mol. The van der Waals surface area contributed by atoms with Crippen LogP contribution in [0.1, 0.15) is 51.9 Å². The van der Waals surface area contributed by atoms with Crippen molar-refractivity contribution in [3.05, 3.63) is 5.28 Å². The summed E-state index contributed by atoms with van der Waals surface area (Å²) in [6.45, 7) is 2.64. The summed E-state index contributed by atoms with van der Waals surface area (Å²) in [5, 5.41) is 1.48. The third-order valence-corrected chi connectivity index (χ3v) is 6.73. The second-order valence-corrected chi connectivity index (χ2v) is 8.88. The predicted molar refractivity (Wildman–Crippen MR) is 103 cm³/mol. The molecular formula is C19H28ClN5O2. The Bertz CT molecular complexity index is 693. The lowest BCUT2D eigenvalue weighted by molar-refractivity contribution is -0.143. The Morgan fingerprint density at radius 1 is 1.11 bits per heavy atom. The van der Waals surface area contributed by atoms with E-state index in [4.69, 9.17) is 16.4 Å². The number of carbonyl (C=O) groups excluding carboxylic acids is 1. The van der Waals surface area contributed by atoms with E-state index in [9.17, 15) is 4.79 Å². The second-order valence-electron chi connectivity index (χ2n) is 8.54. The average Bonchev–Trinajstić information content (AvgIpc) is 2.63. The van der Waals surface area contributed by atoms with Gasteiger partial charge in [0.2, 0.25) is 17.1 Å². The van der Waals surface area contributed by atoms with E-state index in [0.717, 1.165) is 25.7 Å². The number of amides is 1. The van der Waals surface area contributed by atoms with E-state index in [2.05, 4.69) is 21.9 Å². The molecule has 1 aromatic heterocycles. The zero-order chi connectivity index (χ0) is 19.2. The Morgan fingerprint density at radius 2 is 1.67 bits per heavy atom. The molecule has 0 saturated heterocycles. The van der Waals surface area contributed by atoms with Crippen molar-refractivity contribution in [2.45, 2.75) is 51.9 Å². The molecule has 7 nitrogen and oxygen atoms in total. The van der Waals surface area contributed by atoms with Gasteiger partial charge in [0.05, 0.1) is 12.5 Å². The van der Waals surface area contributed by atoms with Crippen molar-refractivity contribution in [1.82, 2.24) is 15.0 Å². The van der Waals surface area contributed by atoms with Crippen LogP contribution >= 0.6 is 11.6 Å². The molecule has 0 atom stereocenters. The highest BCUT2D eigenvalue weighted by Gasteiger charge is 2.56. The van der Waals surface area contributed by atoms with Crippen molar-refractivity contribution in [2.75, 3.05) is 30.7 Å². The fraction of sp³-hybridized carbons (Fsp3) is 0.789. The van der Waals surface area contributed by atoms with Crippen LogP contribution in [-0.4, -0.2) is 41.6 Å². The Labute approximate surface area is 165 Å². The van der Waals surface area contributed by atoms with Crippen LogP contribution < -0.4 is 9.96 Å². The standard InChI is InChI=1S/C19H28ClN5O2/c1-4-5-25(18-22-16(20)21-17(23-18)24(2)27-3)15(26)19-9-12-6-13(10-19)8-14(7-12)11-19/h12-14H,4-11H2,1-3H3. The van der Waals surface area contributed by atoms with Crippen LogP contribution in [-0.2, 0) is 9.63 Å². The van der Waals surface area contributed by atoms with Gasteiger partial charge >= 0.3 is 0 Å². The average molecular weight is 394 g/mol. The van der Waals surface area contributed by atoms with Gasteiger partial charge in [-0.05, 0) is 74.3 Å². The van der Waals surface area contributed by atoms with Crippen LogP contribution in [0.15, 0.2) is 0 Å². The monoisotopic (exact) mass is 393 g/mol. The molecule has 4 fully saturated rings. The first-order chi connectivity index (χ1) is 12.9. The number of carbonyl (C=O) groups is 1. The highest BCUT2D eigenvalue weighted by molar-refractivity contribution is 6.28. The Kier molecular flexibility index (Phi) is 5.01. The molecule has 0 radical (unpaired) electrons. The van der Waals surface area contributed by atoms with E-state index in [1.54, 1.807) is 11.9 Å². The first-order valence-corrected chi connectivity index (χ1v) is 10.3. The van der Waals surface area contributed by atoms with Gasteiger partial charge in [-0.15, -0.1) is 0 Å². The summed E-state index contributed by atoms with van der Waals surface area (Å²) in [4.78, 5) is 33.6. The number of halogens is 1. The summed E-state index contributed by atoms with van der Waals surface area (Å²) in [6, 6.07) is 0. The maximum atomic E-state index is 13.8. The number of rotatable bonds is 6. The zero-order valence-electron chi connectivity index (χ0n) is 16.3. The van der Waals surface area contributed by atoms with Gasteiger partial charge in [-0.3, -0.25) is 14.5 Å². The van der Waals surface area contributed by atoms with Crippen molar-refractivity contribution in [2.24, 2.45) is 23.2 Å². The number of anilines is 2. The minimum absolute atomic E-state index is 0.0679. The van der Waals surface area contributed by atoms with Crippen molar-refractivity contribution in [1.29, 1.82) is 0 Å². The maximum Gasteiger partial charge on any atom is 0.255 e. The quantitative estimate of drug-likeness (QED) is 0.689. The van der Waals surface area contributed by atoms with Gasteiger partial charge in [0.25, 0.3) is 5.95 Å². The fourth-order valence-electron chi connectivity index (χ4n) is 5.85. The second kappa shape index (κ2) is 7.17. The molecule has 8 heteroatoms. The third-order valence-electron chi connectivity index (χ3n) is 6.57. The maximum absolute atomic E-state index is 13.8. The highest BCUT2D eigenvalue weighted by atomic mass is 35.5. The lowest BCUT2D eigenvalue weighted by Gasteiger charge is -2.56. The molecule has 4 aliphatic rings. The van der Waals surface area contributed by atoms with Gasteiger partial charge in [-0.1, -0.05) is 6.92 Å². The van der Waals surface area contributed by atoms with Gasteiger partial charge in [0.1, 0.15) is 0 Å². The lowest BCUT2D eigenvalue weighted by atomic mass is 9.49. The number of hydrogen-bond acceptors (Lipinski definition) is 6. The first-order valence-electron chi connectivity index (χ1n) is 9.95. The molecule has 0 aromatic carbocycles. The first kappa shape index (κ1) is 18.9. The van der Waals surface area contributed by atoms with E-state index in [1.165, 1.54) is 31.4 Å². The molecule has 4 aliphatic carbocycles. The molecule has 1 amide bonds. The predicted octanol–water partition coefficient (Wildman–Crippen LogP) is 3.48. The molecule has 0 aliphatic heterocycles. The molecule has 4 bridgehead atoms. The topological polar surface area (TPSA) is 71.5 Å². The number of hydrogen-bond donors (Lipinski definition) is 0. The molecule has 148 valence electrons. The molecule has 1 heterocycles. The van der Waals surface area contributed by atoms with Crippen LogP contribution in [0.3, 0.4) is 0 Å². The van der Waals surface area contributed by atoms with Gasteiger partial charge < -0.3 is 0 Å². The zero-order valence-corrected chi connectivity index (χ0v) is 17.1. The van der Waals surface area contributed by atoms with Crippen molar-refractivity contribution >= 4 is 29.4 Å². The molecule has 4 saturated carbocycles. The summed E-state index contributed by atoms with van der Waals surface area (Å²) in [7, 11) is 3.22. The summed E-state index contributed by atoms with van der Waals surface area (Å²) >= 11 is 6.14. The van der Waals surface area contributed by atoms with Crippen LogP contribution in [0, 0.1) is 23.2 Å². The van der Waals surface area contributed by atoms with Crippen LogP contribution in [0.4, 0.5) is 11.9 Å². The summed E-state index contributed by atoms with van der Waals surface area (Å²) in [6.07, 6.45) is 7.80. The molecule has 5 rings (SSSR count). The number of hydroxylamine groups is 1. The Hall–Kier alpha value is -1.47. The van der Waals surface area contributed by atoms with E-state index < -0.39 is 0 Å². The summed E-state index contributed by atoms with van der Waals surface area (Å²) in [5.74, 6) is 2.93. The highest BCUT2D eigenvalue weighted by Crippen LogP contribution is 2.60. The van der Waals surface area contributed by atoms with Crippen LogP contribution in [0.2, 0.25) is 5.28 Å². The summed E-state index contributed by atoms with van der Waals surface area (Å²) in [5.41, 5.74) is -0.240. The molecule has 1 aromatic rings. The molecule has 27 heavy (non-hydrogen) atoms. The van der Waals surface area contributed by atoms with E-state index in [0.29, 0.717) is 36.2 Å². The Balaban J connectivity index is 1.67. The van der Waals surface area contributed by atoms with Crippen LogP contribution in [0.25, 0.3) is 0 Å². The van der Waals surface area contributed by atoms with Gasteiger partial charge in [0.15, 0.2) is 0 Å². The third kappa shape index (κ3) is 3.40. The van der Waals surface area contributed by atoms with E-state index in [-0.39, 0.29) is 16.6 Å². The minimum atomic E-state index is -0.240. The Morgan fingerprint density at radius 3 is 2.19 bits per heavy atom. The molecule has 0 spiro atoms. The smallest absolute Gasteiger partial charge is 0.255 e. The van der Waals surface area contributed by atoms with Gasteiger partial charge in [-0.2, -0.15) is 15.0 Å². The number of aromatic nitrogens is 3. The van der Waals surface area contributed by atoms with Crippen molar-refractivity contribution < 1.29 is 9.63 Å². The minimum Gasteiger partial charge on any atom is -0.280 e. The fourth-order valence-corrected chi connectivity index (χ4v) is 6.00. The lowest BCUT2D eigenvalue weighted by Crippen LogP contribution is -2.55. The normalized spacial score (nSPS) is 31.2. The van der Waals surface area contributed by atoms with Crippen LogP contribution in [0.5, 0.6) is 0 Å². The van der Waals surface area contributed by atoms with Gasteiger partial charge in [0, 0.05) is 13.6 Å². The summed E-state index contributed by atoms with van der Waals surface area (Å²) < 4.78 is 0. The SMILES string of the molecule is CCCN(C(=O)C12CC3CC(CC(C3)C1)C2)c1nc(Cl)nc(N(C)OC)n1. The van der Waals surface area contributed by atoms with E-state index in [1.807, 2.05) is 0 Å². The van der Waals surface area contributed by atoms with Gasteiger partial charge in [-0.25, -0.2) is 5.06 Å². The number of nitrogens with zero attached hydrogens (tertiary/aromatic N) is 5. The molecule has 0 N–H and O–H groups in total.